The minimum Gasteiger partial charge on any atom is -0.507 e. The van der Waals surface area contributed by atoms with Crippen LogP contribution < -0.4 is 14.2 Å². The van der Waals surface area contributed by atoms with Crippen LogP contribution in [0.1, 0.15) is 85.2 Å². The molecule has 0 aromatic heterocycles. The van der Waals surface area contributed by atoms with Gasteiger partial charge in [0.25, 0.3) is 0 Å². The average Bonchev–Trinajstić information content (AvgIpc) is 2.85. The number of hydrogen-bond donors (Lipinski definition) is 2. The highest BCUT2D eigenvalue weighted by molar-refractivity contribution is 6.01. The van der Waals surface area contributed by atoms with Crippen molar-refractivity contribution in [3.63, 3.8) is 0 Å². The molecular weight excluding hydrogens is 488 g/mol. The van der Waals surface area contributed by atoms with Crippen molar-refractivity contribution in [3.8, 4) is 23.0 Å². The predicted octanol–water partition coefficient (Wildman–Crippen LogP) is 5.71. The number of ether oxygens (including phenoxy) is 3. The highest BCUT2D eigenvalue weighted by atomic mass is 16.5. The summed E-state index contributed by atoms with van der Waals surface area (Å²) in [7, 11) is 0. The first-order chi connectivity index (χ1) is 18.1. The van der Waals surface area contributed by atoms with Crippen molar-refractivity contribution in [1.29, 1.82) is 0 Å². The van der Waals surface area contributed by atoms with Crippen molar-refractivity contribution >= 4 is 17.5 Å². The summed E-state index contributed by atoms with van der Waals surface area (Å²) < 4.78 is 18.2. The Morgan fingerprint density at radius 3 is 2.24 bits per heavy atom. The molecule has 0 saturated heterocycles. The molecule has 2 N–H and O–H groups in total. The van der Waals surface area contributed by atoms with E-state index in [4.69, 9.17) is 19.3 Å². The SMILES string of the molecule is CCCc1c(OCCCOc2ccc3c(c2CCC)OC(C)(/C=C/C(=O)O)CC3=O)ccc(C(C)=O)c1O. The fourth-order valence-electron chi connectivity index (χ4n) is 4.54. The average molecular weight is 525 g/mol. The number of fused-ring (bicyclic) bond motifs is 1. The maximum atomic E-state index is 12.8. The summed E-state index contributed by atoms with van der Waals surface area (Å²) in [6.07, 6.45) is 5.83. The summed E-state index contributed by atoms with van der Waals surface area (Å²) in [6, 6.07) is 6.77. The number of ketones is 2. The summed E-state index contributed by atoms with van der Waals surface area (Å²) in [5.74, 6) is 0.175. The number of hydrogen-bond acceptors (Lipinski definition) is 7. The molecule has 3 rings (SSSR count). The molecule has 0 fully saturated rings. The lowest BCUT2D eigenvalue weighted by Crippen LogP contribution is -2.38. The van der Waals surface area contributed by atoms with Crippen LogP contribution >= 0.6 is 0 Å². The number of rotatable bonds is 13. The molecule has 8 nitrogen and oxygen atoms in total. The van der Waals surface area contributed by atoms with Crippen LogP contribution in [0.15, 0.2) is 36.4 Å². The number of aliphatic carboxylic acids is 1. The van der Waals surface area contributed by atoms with Crippen LogP contribution in [0.5, 0.6) is 23.0 Å². The minimum absolute atomic E-state index is 0.0221. The van der Waals surface area contributed by atoms with Gasteiger partial charge < -0.3 is 24.4 Å². The van der Waals surface area contributed by atoms with Gasteiger partial charge >= 0.3 is 5.97 Å². The van der Waals surface area contributed by atoms with Crippen molar-refractivity contribution in [2.24, 2.45) is 0 Å². The number of carbonyl (C=O) groups excluding carboxylic acids is 2. The van der Waals surface area contributed by atoms with Crippen LogP contribution in [0.3, 0.4) is 0 Å². The molecule has 0 amide bonds. The molecule has 1 atom stereocenters. The van der Waals surface area contributed by atoms with Gasteiger partial charge in [0.1, 0.15) is 28.6 Å². The van der Waals surface area contributed by atoms with Crippen molar-refractivity contribution in [2.45, 2.75) is 71.8 Å². The van der Waals surface area contributed by atoms with Crippen molar-refractivity contribution in [3.05, 3.63) is 58.7 Å². The van der Waals surface area contributed by atoms with Crippen LogP contribution in [0, 0.1) is 0 Å². The molecule has 0 bridgehead atoms. The van der Waals surface area contributed by atoms with Crippen LogP contribution in [-0.2, 0) is 17.6 Å². The molecule has 8 heteroatoms. The molecule has 2 aromatic carbocycles. The van der Waals surface area contributed by atoms with Gasteiger partial charge in [-0.15, -0.1) is 0 Å². The molecule has 1 unspecified atom stereocenters. The van der Waals surface area contributed by atoms with E-state index in [1.165, 1.54) is 13.0 Å². The number of phenolic OH excluding ortho intramolecular Hbond substituents is 1. The summed E-state index contributed by atoms with van der Waals surface area (Å²) in [6.45, 7) is 7.82. The quantitative estimate of drug-likeness (QED) is 0.194. The molecule has 204 valence electrons. The largest absolute Gasteiger partial charge is 0.507 e. The molecule has 0 aliphatic carbocycles. The van der Waals surface area contributed by atoms with Gasteiger partial charge in [0, 0.05) is 23.6 Å². The van der Waals surface area contributed by atoms with E-state index in [0.29, 0.717) is 60.9 Å². The molecule has 0 spiro atoms. The fourth-order valence-corrected chi connectivity index (χ4v) is 4.54. The van der Waals surface area contributed by atoms with E-state index in [-0.39, 0.29) is 29.3 Å². The Balaban J connectivity index is 1.71. The summed E-state index contributed by atoms with van der Waals surface area (Å²) in [5.41, 5.74) is 1.11. The molecule has 1 aliphatic rings. The van der Waals surface area contributed by atoms with E-state index >= 15 is 0 Å². The Hall–Kier alpha value is -3.81. The lowest BCUT2D eigenvalue weighted by Gasteiger charge is -2.34. The van der Waals surface area contributed by atoms with Gasteiger partial charge in [0.05, 0.1) is 30.8 Å². The van der Waals surface area contributed by atoms with Gasteiger partial charge in [-0.3, -0.25) is 9.59 Å². The van der Waals surface area contributed by atoms with Crippen LogP contribution in [0.25, 0.3) is 0 Å². The second kappa shape index (κ2) is 12.6. The fraction of sp³-hybridized carbons (Fsp3) is 0.433. The van der Waals surface area contributed by atoms with Crippen LogP contribution in [0.2, 0.25) is 0 Å². The Morgan fingerprint density at radius 2 is 1.63 bits per heavy atom. The Kier molecular flexibility index (Phi) is 9.55. The predicted molar refractivity (Wildman–Crippen MR) is 143 cm³/mol. The summed E-state index contributed by atoms with van der Waals surface area (Å²) in [4.78, 5) is 35.6. The van der Waals surface area contributed by atoms with Crippen LogP contribution in [0.4, 0.5) is 0 Å². The zero-order valence-electron chi connectivity index (χ0n) is 22.5. The molecule has 1 heterocycles. The maximum Gasteiger partial charge on any atom is 0.328 e. The second-order valence-corrected chi connectivity index (χ2v) is 9.65. The van der Waals surface area contributed by atoms with E-state index in [1.54, 1.807) is 31.2 Å². The number of benzene rings is 2. The number of carboxylic acid groups (broad SMARTS) is 1. The van der Waals surface area contributed by atoms with E-state index in [2.05, 4.69) is 0 Å². The number of Topliss-reactive ketones (excluding diaryl/α,β-unsaturated/α-hetero) is 2. The topological polar surface area (TPSA) is 119 Å². The third-order valence-electron chi connectivity index (χ3n) is 6.37. The summed E-state index contributed by atoms with van der Waals surface area (Å²) >= 11 is 0. The first-order valence-corrected chi connectivity index (χ1v) is 13.0. The van der Waals surface area contributed by atoms with E-state index < -0.39 is 11.6 Å². The summed E-state index contributed by atoms with van der Waals surface area (Å²) in [5, 5.41) is 19.5. The molecule has 0 radical (unpaired) electrons. The van der Waals surface area contributed by atoms with E-state index in [9.17, 15) is 19.5 Å². The minimum atomic E-state index is -1.10. The zero-order valence-corrected chi connectivity index (χ0v) is 22.5. The number of aromatic hydroxyl groups is 1. The number of carbonyl (C=O) groups is 3. The highest BCUT2D eigenvalue weighted by Gasteiger charge is 2.36. The molecule has 38 heavy (non-hydrogen) atoms. The lowest BCUT2D eigenvalue weighted by atomic mass is 9.89. The number of phenols is 1. The van der Waals surface area contributed by atoms with Gasteiger partial charge in [-0.25, -0.2) is 4.79 Å². The van der Waals surface area contributed by atoms with Gasteiger partial charge in [-0.05, 0) is 57.0 Å². The van der Waals surface area contributed by atoms with Gasteiger partial charge in [-0.1, -0.05) is 26.7 Å². The molecule has 1 aliphatic heterocycles. The van der Waals surface area contributed by atoms with Crippen molar-refractivity contribution in [2.75, 3.05) is 13.2 Å². The van der Waals surface area contributed by atoms with Gasteiger partial charge in [0.15, 0.2) is 11.6 Å². The smallest absolute Gasteiger partial charge is 0.328 e. The Bertz CT molecular complexity index is 1230. The molecule has 0 saturated carbocycles. The zero-order chi connectivity index (χ0) is 27.9. The van der Waals surface area contributed by atoms with Gasteiger partial charge in [0.2, 0.25) is 0 Å². The normalized spacial score (nSPS) is 16.7. The third kappa shape index (κ3) is 6.73. The third-order valence-corrected chi connectivity index (χ3v) is 6.37. The first-order valence-electron chi connectivity index (χ1n) is 13.0. The number of carboxylic acids is 1. The van der Waals surface area contributed by atoms with E-state index in [1.807, 2.05) is 13.8 Å². The van der Waals surface area contributed by atoms with Crippen molar-refractivity contribution < 1.29 is 38.8 Å². The lowest BCUT2D eigenvalue weighted by molar-refractivity contribution is -0.131. The first kappa shape index (κ1) is 28.8. The second-order valence-electron chi connectivity index (χ2n) is 9.65. The van der Waals surface area contributed by atoms with Crippen LogP contribution in [-0.4, -0.2) is 46.6 Å². The Labute approximate surface area is 223 Å². The molecule has 2 aromatic rings. The monoisotopic (exact) mass is 524 g/mol. The van der Waals surface area contributed by atoms with E-state index in [0.717, 1.165) is 24.5 Å². The van der Waals surface area contributed by atoms with Gasteiger partial charge in [-0.2, -0.15) is 0 Å². The molecular formula is C30H36O8. The maximum absolute atomic E-state index is 12.8. The highest BCUT2D eigenvalue weighted by Crippen LogP contribution is 2.41. The standard InChI is InChI=1S/C30H36O8/c1-5-8-22-25(12-10-20(19(3)31)28(22)35)36-16-7-17-37-26-13-11-21-24(32)18-30(4,15-14-27(33)34)38-29(21)23(26)9-6-2/h10-15,35H,5-9,16-18H2,1-4H3,(H,33,34)/b15-14+. The van der Waals surface area contributed by atoms with Crippen molar-refractivity contribution in [1.82, 2.24) is 0 Å². The Morgan fingerprint density at radius 1 is 1.03 bits per heavy atom.